The molecule has 5 nitrogen and oxygen atoms in total. The second kappa shape index (κ2) is 6.29. The van der Waals surface area contributed by atoms with Crippen molar-refractivity contribution in [2.75, 3.05) is 7.05 Å². The number of nitrogens with zero attached hydrogens (tertiary/aromatic N) is 1. The molecule has 0 saturated heterocycles. The maximum atomic E-state index is 12.7. The van der Waals surface area contributed by atoms with Crippen molar-refractivity contribution < 1.29 is 27.6 Å². The zero-order valence-electron chi connectivity index (χ0n) is 13.6. The number of hydrogen-bond donors (Lipinski definition) is 1. The van der Waals surface area contributed by atoms with Crippen molar-refractivity contribution in [2.24, 2.45) is 0 Å². The first-order valence-electron chi connectivity index (χ1n) is 7.59. The first-order chi connectivity index (χ1) is 12.2. The summed E-state index contributed by atoms with van der Waals surface area (Å²) in [6, 6.07) is 8.73. The van der Waals surface area contributed by atoms with Crippen LogP contribution < -0.4 is 5.32 Å². The Morgan fingerprint density at radius 3 is 2.42 bits per heavy atom. The van der Waals surface area contributed by atoms with Crippen LogP contribution in [0.2, 0.25) is 0 Å². The predicted octanol–water partition coefficient (Wildman–Crippen LogP) is 2.86. The number of carbonyl (C=O) groups excluding carboxylic acids is 3. The molecule has 8 heteroatoms. The smallest absolute Gasteiger partial charge is 0.348 e. The molecule has 3 amide bonds. The lowest BCUT2D eigenvalue weighted by atomic mass is 10.1. The van der Waals surface area contributed by atoms with Crippen LogP contribution >= 0.6 is 0 Å². The Morgan fingerprint density at radius 2 is 1.73 bits per heavy atom. The van der Waals surface area contributed by atoms with Gasteiger partial charge in [0.15, 0.2) is 0 Å². The zero-order chi connectivity index (χ0) is 19.1. The van der Waals surface area contributed by atoms with Crippen molar-refractivity contribution in [3.8, 4) is 0 Å². The molecule has 1 aliphatic heterocycles. The molecule has 1 aliphatic rings. The number of carbonyl (C=O) groups is 3. The van der Waals surface area contributed by atoms with Crippen LogP contribution in [-0.4, -0.2) is 29.7 Å². The highest BCUT2D eigenvalue weighted by atomic mass is 19.4. The third-order valence-electron chi connectivity index (χ3n) is 4.06. The van der Waals surface area contributed by atoms with Crippen molar-refractivity contribution in [3.05, 3.63) is 70.3 Å². The molecule has 2 aromatic carbocycles. The second-order valence-electron chi connectivity index (χ2n) is 5.81. The van der Waals surface area contributed by atoms with Crippen molar-refractivity contribution in [3.63, 3.8) is 0 Å². The minimum atomic E-state index is -4.46. The molecule has 0 fully saturated rings. The van der Waals surface area contributed by atoms with E-state index in [1.54, 1.807) is 0 Å². The van der Waals surface area contributed by atoms with E-state index in [0.717, 1.165) is 17.0 Å². The standard InChI is InChI=1S/C18H13F3N2O3/c1-23-16(25)13-6-5-11(8-14(13)17(23)26)15(24)22-9-10-3-2-4-12(7-10)18(19,20)21/h2-8H,9H2,1H3,(H,22,24). The van der Waals surface area contributed by atoms with Gasteiger partial charge in [-0.05, 0) is 35.9 Å². The fourth-order valence-corrected chi connectivity index (χ4v) is 2.64. The van der Waals surface area contributed by atoms with E-state index >= 15 is 0 Å². The van der Waals surface area contributed by atoms with E-state index in [1.165, 1.54) is 37.4 Å². The summed E-state index contributed by atoms with van der Waals surface area (Å²) in [5.41, 5.74) is -0.0161. The van der Waals surface area contributed by atoms with Gasteiger partial charge in [-0.25, -0.2) is 0 Å². The van der Waals surface area contributed by atoms with Crippen LogP contribution in [0, 0.1) is 0 Å². The summed E-state index contributed by atoms with van der Waals surface area (Å²) in [6.07, 6.45) is -4.46. The minimum Gasteiger partial charge on any atom is -0.348 e. The van der Waals surface area contributed by atoms with Gasteiger partial charge in [-0.1, -0.05) is 12.1 Å². The number of fused-ring (bicyclic) bond motifs is 1. The normalized spacial score (nSPS) is 13.8. The first kappa shape index (κ1) is 17.7. The molecule has 26 heavy (non-hydrogen) atoms. The highest BCUT2D eigenvalue weighted by Gasteiger charge is 2.33. The Morgan fingerprint density at radius 1 is 1.04 bits per heavy atom. The number of amides is 3. The number of halogens is 3. The van der Waals surface area contributed by atoms with Crippen LogP contribution in [0.1, 0.15) is 42.2 Å². The van der Waals surface area contributed by atoms with Crippen LogP contribution in [0.4, 0.5) is 13.2 Å². The third-order valence-corrected chi connectivity index (χ3v) is 4.06. The van der Waals surface area contributed by atoms with E-state index in [9.17, 15) is 27.6 Å². The molecule has 1 heterocycles. The number of rotatable bonds is 3. The average molecular weight is 362 g/mol. The number of hydrogen-bond acceptors (Lipinski definition) is 3. The molecule has 0 saturated carbocycles. The number of nitrogens with one attached hydrogen (secondary N) is 1. The molecular formula is C18H13F3N2O3. The number of alkyl halides is 3. The SMILES string of the molecule is CN1C(=O)c2ccc(C(=O)NCc3cccc(C(F)(F)F)c3)cc2C1=O. The predicted molar refractivity (Wildman–Crippen MR) is 85.5 cm³/mol. The Kier molecular flexibility index (Phi) is 4.27. The van der Waals surface area contributed by atoms with Crippen LogP contribution in [0.5, 0.6) is 0 Å². The minimum absolute atomic E-state index is 0.105. The fourth-order valence-electron chi connectivity index (χ4n) is 2.64. The Bertz CT molecular complexity index is 922. The van der Waals surface area contributed by atoms with Gasteiger partial charge in [0.2, 0.25) is 0 Å². The summed E-state index contributed by atoms with van der Waals surface area (Å²) in [4.78, 5) is 37.0. The lowest BCUT2D eigenvalue weighted by Gasteiger charge is -2.10. The highest BCUT2D eigenvalue weighted by Crippen LogP contribution is 2.29. The lowest BCUT2D eigenvalue weighted by Crippen LogP contribution is -2.24. The van der Waals surface area contributed by atoms with Crippen molar-refractivity contribution in [1.82, 2.24) is 10.2 Å². The van der Waals surface area contributed by atoms with Crippen molar-refractivity contribution in [2.45, 2.75) is 12.7 Å². The number of benzene rings is 2. The zero-order valence-corrected chi connectivity index (χ0v) is 13.6. The summed E-state index contributed by atoms with van der Waals surface area (Å²) in [6.45, 7) is -0.105. The summed E-state index contributed by atoms with van der Waals surface area (Å²) in [7, 11) is 1.35. The topological polar surface area (TPSA) is 66.5 Å². The molecule has 1 N–H and O–H groups in total. The summed E-state index contributed by atoms with van der Waals surface area (Å²) in [5.74, 6) is -1.50. The molecule has 0 aliphatic carbocycles. The van der Waals surface area contributed by atoms with Gasteiger partial charge in [-0.3, -0.25) is 19.3 Å². The maximum absolute atomic E-state index is 12.7. The highest BCUT2D eigenvalue weighted by molar-refractivity contribution is 6.21. The average Bonchev–Trinajstić information content (AvgIpc) is 2.83. The van der Waals surface area contributed by atoms with Crippen LogP contribution in [0.3, 0.4) is 0 Å². The van der Waals surface area contributed by atoms with E-state index in [1.807, 2.05) is 0 Å². The molecule has 0 bridgehead atoms. The van der Waals surface area contributed by atoms with Crippen molar-refractivity contribution in [1.29, 1.82) is 0 Å². The summed E-state index contributed by atoms with van der Waals surface area (Å²) in [5, 5.41) is 2.51. The summed E-state index contributed by atoms with van der Waals surface area (Å²) >= 11 is 0. The van der Waals surface area contributed by atoms with E-state index in [-0.39, 0.29) is 23.2 Å². The lowest BCUT2D eigenvalue weighted by molar-refractivity contribution is -0.137. The molecular weight excluding hydrogens is 349 g/mol. The molecule has 3 rings (SSSR count). The molecule has 0 spiro atoms. The van der Waals surface area contributed by atoms with E-state index < -0.39 is 29.5 Å². The molecule has 2 aromatic rings. The van der Waals surface area contributed by atoms with Crippen LogP contribution in [0.15, 0.2) is 42.5 Å². The summed E-state index contributed by atoms with van der Waals surface area (Å²) < 4.78 is 38.1. The number of imide groups is 1. The molecule has 0 radical (unpaired) electrons. The van der Waals surface area contributed by atoms with Crippen molar-refractivity contribution >= 4 is 17.7 Å². The quantitative estimate of drug-likeness (QED) is 0.854. The Hall–Kier alpha value is -3.16. The Balaban J connectivity index is 1.74. The Labute approximate surface area is 146 Å². The van der Waals surface area contributed by atoms with Crippen LogP contribution in [-0.2, 0) is 12.7 Å². The first-order valence-corrected chi connectivity index (χ1v) is 7.59. The van der Waals surface area contributed by atoms with Gasteiger partial charge in [-0.2, -0.15) is 13.2 Å². The maximum Gasteiger partial charge on any atom is 0.416 e. The molecule has 0 atom stereocenters. The van der Waals surface area contributed by atoms with Gasteiger partial charge < -0.3 is 5.32 Å². The van der Waals surface area contributed by atoms with Gasteiger partial charge in [0, 0.05) is 19.2 Å². The fraction of sp³-hybridized carbons (Fsp3) is 0.167. The van der Waals surface area contributed by atoms with E-state index in [0.29, 0.717) is 5.56 Å². The molecule has 134 valence electrons. The molecule has 0 aromatic heterocycles. The third kappa shape index (κ3) is 3.17. The largest absolute Gasteiger partial charge is 0.416 e. The van der Waals surface area contributed by atoms with Gasteiger partial charge in [0.1, 0.15) is 0 Å². The van der Waals surface area contributed by atoms with Gasteiger partial charge >= 0.3 is 6.18 Å². The molecule has 0 unspecified atom stereocenters. The van der Waals surface area contributed by atoms with E-state index in [2.05, 4.69) is 5.32 Å². The van der Waals surface area contributed by atoms with Gasteiger partial charge in [-0.15, -0.1) is 0 Å². The monoisotopic (exact) mass is 362 g/mol. The van der Waals surface area contributed by atoms with Gasteiger partial charge in [0.05, 0.1) is 16.7 Å². The second-order valence-corrected chi connectivity index (χ2v) is 5.81. The van der Waals surface area contributed by atoms with E-state index in [4.69, 9.17) is 0 Å². The van der Waals surface area contributed by atoms with Gasteiger partial charge in [0.25, 0.3) is 17.7 Å². The van der Waals surface area contributed by atoms with Crippen LogP contribution in [0.25, 0.3) is 0 Å².